The van der Waals surface area contributed by atoms with Crippen molar-refractivity contribution in [2.24, 2.45) is 5.92 Å². The van der Waals surface area contributed by atoms with Crippen LogP contribution in [-0.2, 0) is 10.0 Å². The van der Waals surface area contributed by atoms with Crippen molar-refractivity contribution < 1.29 is 17.2 Å². The molecule has 1 unspecified atom stereocenters. The molecule has 78 valence electrons. The lowest BCUT2D eigenvalue weighted by atomic mass is 10.1. The summed E-state index contributed by atoms with van der Waals surface area (Å²) in [7, 11) is -4.40. The van der Waals surface area contributed by atoms with Gasteiger partial charge in [0.2, 0.25) is 0 Å². The summed E-state index contributed by atoms with van der Waals surface area (Å²) in [6, 6.07) is 0. The fraction of sp³-hybridized carbons (Fsp3) is 1.00. The smallest absolute Gasteiger partial charge is 0.316 e. The normalized spacial score (nSPS) is 24.1. The zero-order valence-electron chi connectivity index (χ0n) is 6.96. The highest BCUT2D eigenvalue weighted by Gasteiger charge is 2.25. The Morgan fingerprint density at radius 1 is 1.54 bits per heavy atom. The van der Waals surface area contributed by atoms with Crippen LogP contribution in [0, 0.1) is 5.92 Å². The molecule has 1 aliphatic heterocycles. The zero-order valence-corrected chi connectivity index (χ0v) is 7.78. The van der Waals surface area contributed by atoms with Crippen LogP contribution >= 0.6 is 0 Å². The van der Waals surface area contributed by atoms with E-state index in [0.29, 0.717) is 6.54 Å². The minimum absolute atomic E-state index is 0.0969. The van der Waals surface area contributed by atoms with Crippen LogP contribution in [0.4, 0.5) is 8.78 Å². The molecule has 1 rings (SSSR count). The van der Waals surface area contributed by atoms with Gasteiger partial charge in [-0.15, -0.1) is 0 Å². The molecular weight excluding hydrogens is 202 g/mol. The quantitative estimate of drug-likeness (QED) is 0.677. The van der Waals surface area contributed by atoms with E-state index in [1.54, 1.807) is 0 Å². The third-order valence-electron chi connectivity index (χ3n) is 1.97. The number of alkyl halides is 2. The number of sulfonamides is 1. The van der Waals surface area contributed by atoms with Gasteiger partial charge in [-0.3, -0.25) is 0 Å². The predicted molar refractivity (Wildman–Crippen MR) is 43.9 cm³/mol. The molecule has 0 aliphatic carbocycles. The molecule has 0 amide bonds. The van der Waals surface area contributed by atoms with Gasteiger partial charge in [0.15, 0.2) is 0 Å². The van der Waals surface area contributed by atoms with Crippen LogP contribution in [0.25, 0.3) is 0 Å². The summed E-state index contributed by atoms with van der Waals surface area (Å²) >= 11 is 0. The molecule has 4 nitrogen and oxygen atoms in total. The molecule has 13 heavy (non-hydrogen) atoms. The van der Waals surface area contributed by atoms with Gasteiger partial charge in [0.05, 0.1) is 0 Å². The highest BCUT2D eigenvalue weighted by molar-refractivity contribution is 7.89. The topological polar surface area (TPSA) is 58.2 Å². The van der Waals surface area contributed by atoms with Crippen LogP contribution in [0.5, 0.6) is 0 Å². The van der Waals surface area contributed by atoms with Crippen LogP contribution in [0.2, 0.25) is 0 Å². The van der Waals surface area contributed by atoms with Crippen molar-refractivity contribution in [1.29, 1.82) is 0 Å². The van der Waals surface area contributed by atoms with E-state index in [9.17, 15) is 17.2 Å². The van der Waals surface area contributed by atoms with Crippen molar-refractivity contribution in [3.8, 4) is 0 Å². The number of rotatable bonds is 4. The van der Waals surface area contributed by atoms with E-state index >= 15 is 0 Å². The molecule has 1 fully saturated rings. The first kappa shape index (κ1) is 10.8. The molecular formula is C6H12F2N2O2S. The van der Waals surface area contributed by atoms with Crippen molar-refractivity contribution in [3.63, 3.8) is 0 Å². The van der Waals surface area contributed by atoms with Gasteiger partial charge in [-0.1, -0.05) is 0 Å². The second-order valence-electron chi connectivity index (χ2n) is 3.01. The summed E-state index contributed by atoms with van der Waals surface area (Å²) < 4.78 is 46.7. The molecule has 0 aromatic heterocycles. The Morgan fingerprint density at radius 2 is 2.23 bits per heavy atom. The molecule has 1 atom stereocenters. The highest BCUT2D eigenvalue weighted by Crippen LogP contribution is 2.08. The van der Waals surface area contributed by atoms with E-state index in [1.165, 1.54) is 0 Å². The lowest BCUT2D eigenvalue weighted by Gasteiger charge is -2.09. The van der Waals surface area contributed by atoms with Crippen molar-refractivity contribution in [3.05, 3.63) is 0 Å². The fourth-order valence-electron chi connectivity index (χ4n) is 1.19. The van der Waals surface area contributed by atoms with Gasteiger partial charge >= 0.3 is 5.76 Å². The molecule has 1 heterocycles. The average molecular weight is 214 g/mol. The van der Waals surface area contributed by atoms with E-state index in [0.717, 1.165) is 13.0 Å². The Hall–Kier alpha value is -0.270. The maximum atomic E-state index is 11.8. The predicted octanol–water partition coefficient (Wildman–Crippen LogP) is -0.262. The molecule has 1 saturated heterocycles. The SMILES string of the molecule is O=S(=O)(NCC1CCNC1)C(F)F. The Bertz CT molecular complexity index is 249. The van der Waals surface area contributed by atoms with Crippen LogP contribution < -0.4 is 10.0 Å². The third kappa shape index (κ3) is 3.17. The van der Waals surface area contributed by atoms with E-state index in [4.69, 9.17) is 0 Å². The largest absolute Gasteiger partial charge is 0.350 e. The summed E-state index contributed by atoms with van der Waals surface area (Å²) in [5.74, 6) is -3.20. The molecule has 2 N–H and O–H groups in total. The second kappa shape index (κ2) is 4.30. The number of nitrogens with one attached hydrogen (secondary N) is 2. The van der Waals surface area contributed by atoms with Gasteiger partial charge in [0.1, 0.15) is 0 Å². The van der Waals surface area contributed by atoms with Gasteiger partial charge in [-0.25, -0.2) is 13.1 Å². The molecule has 1 aliphatic rings. The van der Waals surface area contributed by atoms with E-state index in [1.807, 2.05) is 4.72 Å². The molecule has 0 aromatic carbocycles. The van der Waals surface area contributed by atoms with Crippen LogP contribution in [-0.4, -0.2) is 33.8 Å². The van der Waals surface area contributed by atoms with Crippen molar-refractivity contribution in [1.82, 2.24) is 10.0 Å². The van der Waals surface area contributed by atoms with Gasteiger partial charge in [-0.2, -0.15) is 8.78 Å². The van der Waals surface area contributed by atoms with E-state index < -0.39 is 15.8 Å². The van der Waals surface area contributed by atoms with Crippen molar-refractivity contribution >= 4 is 10.0 Å². The lowest BCUT2D eigenvalue weighted by molar-refractivity contribution is 0.232. The summed E-state index contributed by atoms with van der Waals surface area (Å²) in [4.78, 5) is 0. The Balaban J connectivity index is 2.33. The van der Waals surface area contributed by atoms with E-state index in [-0.39, 0.29) is 12.5 Å². The summed E-state index contributed by atoms with van der Waals surface area (Å²) in [6.45, 7) is 1.60. The number of hydrogen-bond donors (Lipinski definition) is 2. The minimum atomic E-state index is -4.40. The summed E-state index contributed by atoms with van der Waals surface area (Å²) in [5, 5.41) is 3.02. The molecule has 0 radical (unpaired) electrons. The highest BCUT2D eigenvalue weighted by atomic mass is 32.2. The number of hydrogen-bond acceptors (Lipinski definition) is 3. The fourth-order valence-corrected chi connectivity index (χ4v) is 1.78. The Labute approximate surface area is 75.7 Å². The molecule has 0 saturated carbocycles. The summed E-state index contributed by atoms with van der Waals surface area (Å²) in [5.41, 5.74) is 0. The van der Waals surface area contributed by atoms with Crippen LogP contribution in [0.15, 0.2) is 0 Å². The van der Waals surface area contributed by atoms with Gasteiger partial charge < -0.3 is 5.32 Å². The summed E-state index contributed by atoms with van der Waals surface area (Å²) in [6.07, 6.45) is 0.825. The monoisotopic (exact) mass is 214 g/mol. The molecule has 7 heteroatoms. The maximum Gasteiger partial charge on any atom is 0.350 e. The Morgan fingerprint density at radius 3 is 2.69 bits per heavy atom. The third-order valence-corrected chi connectivity index (χ3v) is 3.01. The zero-order chi connectivity index (χ0) is 9.90. The van der Waals surface area contributed by atoms with Crippen LogP contribution in [0.3, 0.4) is 0 Å². The first-order valence-corrected chi connectivity index (χ1v) is 5.54. The van der Waals surface area contributed by atoms with Gasteiger partial charge in [0, 0.05) is 6.54 Å². The first-order chi connectivity index (χ1) is 6.02. The average Bonchev–Trinajstić information content (AvgIpc) is 2.52. The van der Waals surface area contributed by atoms with Crippen molar-refractivity contribution in [2.45, 2.75) is 12.2 Å². The van der Waals surface area contributed by atoms with Crippen molar-refractivity contribution in [2.75, 3.05) is 19.6 Å². The second-order valence-corrected chi connectivity index (χ2v) is 4.75. The molecule has 0 spiro atoms. The van der Waals surface area contributed by atoms with Gasteiger partial charge in [0.25, 0.3) is 10.0 Å². The van der Waals surface area contributed by atoms with Crippen LogP contribution in [0.1, 0.15) is 6.42 Å². The standard InChI is InChI=1S/C6H12F2N2O2S/c7-6(8)13(11,12)10-4-5-1-2-9-3-5/h5-6,9-10H,1-4H2. The minimum Gasteiger partial charge on any atom is -0.316 e. The van der Waals surface area contributed by atoms with E-state index in [2.05, 4.69) is 5.32 Å². The van der Waals surface area contributed by atoms with Gasteiger partial charge in [-0.05, 0) is 25.4 Å². The number of halogens is 2. The lowest BCUT2D eigenvalue weighted by Crippen LogP contribution is -2.34. The maximum absolute atomic E-state index is 11.8. The first-order valence-electron chi connectivity index (χ1n) is 4.00. The molecule has 0 aromatic rings. The molecule has 0 bridgehead atoms. The Kier molecular flexibility index (Phi) is 3.57.